The minimum absolute atomic E-state index is 0. The third-order valence-corrected chi connectivity index (χ3v) is 17.8. The number of phenols is 1. The fourth-order valence-electron chi connectivity index (χ4n) is 13.4. The van der Waals surface area contributed by atoms with Crippen LogP contribution in [-0.2, 0) is 87.4 Å². The number of carbonyl (C=O) groups is 8. The van der Waals surface area contributed by atoms with Crippen LogP contribution in [0.3, 0.4) is 0 Å². The van der Waals surface area contributed by atoms with Crippen LogP contribution in [-0.4, -0.2) is 147 Å². The number of likely N-dealkylation sites (N-methyl/N-ethyl adjacent to an activating group) is 1. The molecule has 5 N–H and O–H groups in total. The third kappa shape index (κ3) is 25.4. The minimum atomic E-state index is -1.68. The van der Waals surface area contributed by atoms with E-state index < -0.39 is 109 Å². The lowest BCUT2D eigenvalue weighted by molar-refractivity contribution is -0.473. The zero-order valence-electron chi connectivity index (χ0n) is 54.0. The number of rotatable bonds is 32. The van der Waals surface area contributed by atoms with E-state index in [4.69, 9.17) is 42.6 Å². The van der Waals surface area contributed by atoms with Crippen LogP contribution in [0.2, 0.25) is 0 Å². The monoisotopic (exact) mass is 1340 g/mol. The van der Waals surface area contributed by atoms with Crippen molar-refractivity contribution in [2.75, 3.05) is 46.9 Å². The van der Waals surface area contributed by atoms with Crippen molar-refractivity contribution < 1.29 is 86.1 Å². The second kappa shape index (κ2) is 40.6. The second-order valence-corrected chi connectivity index (χ2v) is 27.3. The van der Waals surface area contributed by atoms with Crippen molar-refractivity contribution in [1.29, 1.82) is 0 Å². The number of hydrogen-bond donors (Lipinski definition) is 5. The van der Waals surface area contributed by atoms with Crippen molar-refractivity contribution in [3.05, 3.63) is 29.3 Å². The molecule has 2 saturated carbocycles. The molecule has 22 nitrogen and oxygen atoms in total. The molecule has 6 rings (SSSR count). The molecule has 2 saturated heterocycles. The number of esters is 3. The summed E-state index contributed by atoms with van der Waals surface area (Å²) >= 11 is 0. The highest BCUT2D eigenvalue weighted by molar-refractivity contribution is 6.00. The van der Waals surface area contributed by atoms with E-state index in [0.29, 0.717) is 36.3 Å². The largest absolute Gasteiger partial charge is 0.508 e. The molecule has 3 aliphatic carbocycles. The fraction of sp³-hybridized carbons (Fsp3) is 0.806. The van der Waals surface area contributed by atoms with Crippen LogP contribution < -0.4 is 21.3 Å². The minimum Gasteiger partial charge on any atom is -0.508 e. The topological polar surface area (TPSA) is 288 Å². The molecule has 5 aliphatic rings. The Morgan fingerprint density at radius 3 is 1.59 bits per heavy atom. The average Bonchev–Trinajstić information content (AvgIpc) is 1.48. The zero-order chi connectivity index (χ0) is 64.0. The molecule has 94 heavy (non-hydrogen) atoms. The SMILES string of the molecule is C.C.C.C.C.C.C.CCC1(OC(COC(=O)C(CC(C)C)NC)CC(=O)C(CC(C)C)NC(=O)CC(=O)NC(CC(C)C)C(=O)OCOC(=O)C(CC(C)C)NC(=O)CC(C)=O)OCC2(CO1)COC(CC)(OC1CC3C4CCc5cc(O)ccc5C4CCC3(C)C1)OC2. The summed E-state index contributed by atoms with van der Waals surface area (Å²) in [5, 5.41) is 20.9. The van der Waals surface area contributed by atoms with Gasteiger partial charge in [-0.3, -0.25) is 28.8 Å². The lowest BCUT2D eigenvalue weighted by Gasteiger charge is -2.50. The van der Waals surface area contributed by atoms with Crippen LogP contribution in [0.15, 0.2) is 18.2 Å². The van der Waals surface area contributed by atoms with E-state index in [1.807, 2.05) is 81.4 Å². The van der Waals surface area contributed by atoms with Gasteiger partial charge in [0, 0.05) is 19.3 Å². The van der Waals surface area contributed by atoms with Gasteiger partial charge in [-0.1, -0.05) is 134 Å². The van der Waals surface area contributed by atoms with E-state index in [9.17, 15) is 43.5 Å². The average molecular weight is 1340 g/mol. The molecule has 10 unspecified atom stereocenters. The number of nitrogens with one attached hydrogen (secondary N) is 4. The number of fused-ring (bicyclic) bond motifs is 5. The number of aromatic hydroxyl groups is 1. The Labute approximate surface area is 566 Å². The Morgan fingerprint density at radius 1 is 0.628 bits per heavy atom. The zero-order valence-corrected chi connectivity index (χ0v) is 54.0. The third-order valence-electron chi connectivity index (χ3n) is 17.8. The van der Waals surface area contributed by atoms with Gasteiger partial charge < -0.3 is 69.0 Å². The van der Waals surface area contributed by atoms with Crippen LogP contribution >= 0.6 is 0 Å². The van der Waals surface area contributed by atoms with Gasteiger partial charge in [0.15, 0.2) is 5.78 Å². The first-order valence-electron chi connectivity index (χ1n) is 31.8. The molecule has 2 aliphatic heterocycles. The van der Waals surface area contributed by atoms with Crippen LogP contribution in [0.25, 0.3) is 0 Å². The number of Topliss-reactive ketones (excluding diaryl/α,β-unsaturated/α-hetero) is 2. The summed E-state index contributed by atoms with van der Waals surface area (Å²) in [6, 6.07) is 1.78. The van der Waals surface area contributed by atoms with E-state index in [-0.39, 0.29) is 158 Å². The molecule has 4 fully saturated rings. The highest BCUT2D eigenvalue weighted by Crippen LogP contribution is 2.62. The molecule has 0 radical (unpaired) electrons. The maximum Gasteiger partial charge on any atom is 0.331 e. The smallest absolute Gasteiger partial charge is 0.331 e. The lowest BCUT2D eigenvalue weighted by Crippen LogP contribution is -2.61. The van der Waals surface area contributed by atoms with Gasteiger partial charge in [0.1, 0.15) is 48.8 Å². The second-order valence-electron chi connectivity index (χ2n) is 27.3. The van der Waals surface area contributed by atoms with E-state index in [2.05, 4.69) is 34.3 Å². The van der Waals surface area contributed by atoms with Gasteiger partial charge in [0.25, 0.3) is 11.9 Å². The molecule has 546 valence electrons. The van der Waals surface area contributed by atoms with Crippen LogP contribution in [0.1, 0.15) is 242 Å². The number of ether oxygens (including phenoxy) is 9. The Morgan fingerprint density at radius 2 is 1.10 bits per heavy atom. The molecule has 1 spiro atoms. The van der Waals surface area contributed by atoms with Gasteiger partial charge in [0.2, 0.25) is 24.5 Å². The summed E-state index contributed by atoms with van der Waals surface area (Å²) in [4.78, 5) is 105. The van der Waals surface area contributed by atoms with E-state index in [1.54, 1.807) is 7.05 Å². The molecule has 1 aromatic rings. The quantitative estimate of drug-likeness (QED) is 0.0254. The Kier molecular flexibility index (Phi) is 39.3. The molecule has 0 aromatic heterocycles. The van der Waals surface area contributed by atoms with Gasteiger partial charge >= 0.3 is 17.9 Å². The maximum absolute atomic E-state index is 14.5. The number of phenolic OH excluding ortho intramolecular Hbond substituents is 1. The number of benzene rings is 1. The van der Waals surface area contributed by atoms with Crippen molar-refractivity contribution in [3.63, 3.8) is 0 Å². The number of aryl methyl sites for hydroxylation is 1. The Bertz CT molecular complexity index is 2520. The summed E-state index contributed by atoms with van der Waals surface area (Å²) in [7, 11) is 1.66. The van der Waals surface area contributed by atoms with Crippen molar-refractivity contribution in [2.45, 2.75) is 286 Å². The van der Waals surface area contributed by atoms with Gasteiger partial charge in [-0.2, -0.15) is 0 Å². The molecule has 0 bridgehead atoms. The van der Waals surface area contributed by atoms with E-state index in [1.165, 1.54) is 18.1 Å². The molecule has 2 heterocycles. The van der Waals surface area contributed by atoms with Crippen molar-refractivity contribution in [1.82, 2.24) is 21.3 Å². The van der Waals surface area contributed by atoms with Crippen molar-refractivity contribution in [3.8, 4) is 5.75 Å². The van der Waals surface area contributed by atoms with E-state index >= 15 is 0 Å². The summed E-state index contributed by atoms with van der Waals surface area (Å²) in [6.07, 6.45) is 4.99. The molecular formula is C72H130N4O18. The molecule has 1 aromatic carbocycles. The standard InChI is InChI=1S/C65H102N4O18.7CH4/c1-14-64(86-45-28-50-49-18-16-43-27-44(71)17-19-47(43)48(49)20-21-62(50,12)31-45)82-33-63(34-83-64)35-84-65(15-2,85-36-63)87-46(32-79-59(76)52(66-13)23-39(5)6)29-55(72)51(22-38(3)4)67-57(74)30-58(75)69-54(25-41(9)10)61(78)81-37-80-60(77)53(24-40(7)8)68-56(73)26-42(11)70;;;;;;;/h17,19,27,38-41,45-46,48-54,66,71H,14-16,18,20-26,28-37H2,1-13H3,(H,67,74)(H,68,73)(H,69,75);7*1H4. The highest BCUT2D eigenvalue weighted by Gasteiger charge is 2.57. The van der Waals surface area contributed by atoms with Crippen molar-refractivity contribution >= 4 is 47.2 Å². The van der Waals surface area contributed by atoms with E-state index in [0.717, 1.165) is 38.5 Å². The Hall–Kier alpha value is -5.10. The summed E-state index contributed by atoms with van der Waals surface area (Å²) in [5.74, 6) is -6.75. The fourth-order valence-corrected chi connectivity index (χ4v) is 13.4. The molecule has 3 amide bonds. The van der Waals surface area contributed by atoms with Crippen LogP contribution in [0.4, 0.5) is 0 Å². The van der Waals surface area contributed by atoms with Gasteiger partial charge in [0.05, 0.1) is 50.4 Å². The molecular weight excluding hydrogens is 1210 g/mol. The normalized spacial score (nSPS) is 25.6. The lowest BCUT2D eigenvalue weighted by atomic mass is 9.56. The number of hydrogen-bond acceptors (Lipinski definition) is 19. The predicted molar refractivity (Wildman–Crippen MR) is 366 cm³/mol. The number of ketones is 2. The van der Waals surface area contributed by atoms with Gasteiger partial charge in [-0.25, -0.2) is 9.59 Å². The van der Waals surface area contributed by atoms with Gasteiger partial charge in [-0.15, -0.1) is 0 Å². The number of carbonyl (C=O) groups excluding carboxylic acids is 8. The first-order valence-corrected chi connectivity index (χ1v) is 31.8. The highest BCUT2D eigenvalue weighted by atomic mass is 16.9. The summed E-state index contributed by atoms with van der Waals surface area (Å²) < 4.78 is 56.0. The van der Waals surface area contributed by atoms with Crippen molar-refractivity contribution in [2.24, 2.45) is 46.3 Å². The summed E-state index contributed by atoms with van der Waals surface area (Å²) in [6.45, 7) is 21.9. The maximum atomic E-state index is 14.5. The first kappa shape index (κ1) is 91.0. The van der Waals surface area contributed by atoms with Crippen LogP contribution in [0.5, 0.6) is 5.75 Å². The first-order chi connectivity index (χ1) is 41.0. The molecule has 10 atom stereocenters. The number of amides is 3. The predicted octanol–water partition coefficient (Wildman–Crippen LogP) is 11.8. The summed E-state index contributed by atoms with van der Waals surface area (Å²) in [5.41, 5.74) is 2.06. The van der Waals surface area contributed by atoms with Gasteiger partial charge in [-0.05, 0) is 148 Å². The molecule has 22 heteroatoms. The van der Waals surface area contributed by atoms with Crippen LogP contribution in [0, 0.1) is 46.3 Å². The Balaban J connectivity index is 0.